The van der Waals surface area contributed by atoms with Gasteiger partial charge >= 0.3 is 6.18 Å². The fraction of sp³-hybridized carbons (Fsp3) is 0.348. The van der Waals surface area contributed by atoms with Gasteiger partial charge in [0.2, 0.25) is 0 Å². The largest absolute Gasteiger partial charge is 0.508 e. The molecule has 4 rings (SSSR count). The minimum absolute atomic E-state index is 0.343. The van der Waals surface area contributed by atoms with Crippen LogP contribution in [0.15, 0.2) is 48.8 Å². The Labute approximate surface area is 172 Å². The first kappa shape index (κ1) is 22.0. The standard InChI is InChI=1S/C16H20N2.C7H4F4O/c1-2-12-6-7-13-10-17-9-8-15(13)16(12)11-18-14-4-3-5-14;8-6-2-1-4(12)3-5(6)7(9,10)11/h6-10,14,18H,2-5,11H2,1H3;1-3,12H. The van der Waals surface area contributed by atoms with Gasteiger partial charge in [0.05, 0.1) is 5.56 Å². The highest BCUT2D eigenvalue weighted by molar-refractivity contribution is 5.85. The summed E-state index contributed by atoms with van der Waals surface area (Å²) in [6.07, 6.45) is 4.26. The Hall–Kier alpha value is -2.67. The number of nitrogens with zero attached hydrogens (tertiary/aromatic N) is 1. The Kier molecular flexibility index (Phi) is 6.92. The lowest BCUT2D eigenvalue weighted by Crippen LogP contribution is -2.34. The summed E-state index contributed by atoms with van der Waals surface area (Å²) in [7, 11) is 0. The first-order valence-electron chi connectivity index (χ1n) is 9.93. The van der Waals surface area contributed by atoms with Crippen molar-refractivity contribution in [1.82, 2.24) is 10.3 Å². The summed E-state index contributed by atoms with van der Waals surface area (Å²) in [5, 5.41) is 14.9. The number of nitrogens with one attached hydrogen (secondary N) is 1. The fourth-order valence-corrected chi connectivity index (χ4v) is 3.41. The molecule has 3 aromatic rings. The molecule has 1 saturated carbocycles. The average molecular weight is 420 g/mol. The van der Waals surface area contributed by atoms with Gasteiger partial charge in [0, 0.05) is 30.4 Å². The summed E-state index contributed by atoms with van der Waals surface area (Å²) in [5.41, 5.74) is 1.47. The van der Waals surface area contributed by atoms with Crippen LogP contribution in [0.5, 0.6) is 5.75 Å². The Bertz CT molecular complexity index is 1000. The van der Waals surface area contributed by atoms with Crippen molar-refractivity contribution in [3.63, 3.8) is 0 Å². The predicted octanol–water partition coefficient (Wildman–Crippen LogP) is 5.99. The van der Waals surface area contributed by atoms with E-state index in [0.717, 1.165) is 25.1 Å². The van der Waals surface area contributed by atoms with E-state index in [1.54, 1.807) is 0 Å². The smallest absolute Gasteiger partial charge is 0.419 e. The molecule has 2 aromatic carbocycles. The van der Waals surface area contributed by atoms with Gasteiger partial charge in [0.15, 0.2) is 0 Å². The summed E-state index contributed by atoms with van der Waals surface area (Å²) in [4.78, 5) is 4.21. The van der Waals surface area contributed by atoms with Crippen LogP contribution in [-0.2, 0) is 19.1 Å². The van der Waals surface area contributed by atoms with Gasteiger partial charge < -0.3 is 10.4 Å². The molecule has 1 aromatic heterocycles. The number of hydrogen-bond acceptors (Lipinski definition) is 3. The highest BCUT2D eigenvalue weighted by Crippen LogP contribution is 2.33. The first-order valence-corrected chi connectivity index (χ1v) is 9.93. The van der Waals surface area contributed by atoms with Gasteiger partial charge in [-0.1, -0.05) is 25.5 Å². The SMILES string of the molecule is CCc1ccc2cnccc2c1CNC1CCC1.Oc1ccc(F)c(C(F)(F)F)c1. The zero-order valence-electron chi connectivity index (χ0n) is 16.6. The van der Waals surface area contributed by atoms with Gasteiger partial charge in [-0.25, -0.2) is 4.39 Å². The van der Waals surface area contributed by atoms with Crippen molar-refractivity contribution in [2.75, 3.05) is 0 Å². The number of aryl methyl sites for hydroxylation is 1. The van der Waals surface area contributed by atoms with Crippen molar-refractivity contribution in [3.8, 4) is 5.75 Å². The van der Waals surface area contributed by atoms with Crippen molar-refractivity contribution in [2.24, 2.45) is 0 Å². The van der Waals surface area contributed by atoms with Gasteiger partial charge in [-0.3, -0.25) is 4.98 Å². The van der Waals surface area contributed by atoms with E-state index in [0.29, 0.717) is 12.1 Å². The molecule has 0 saturated heterocycles. The number of aromatic hydroxyl groups is 1. The number of phenols is 1. The second-order valence-corrected chi connectivity index (χ2v) is 7.32. The Balaban J connectivity index is 0.000000187. The number of benzene rings is 2. The molecule has 7 heteroatoms. The number of aromatic nitrogens is 1. The van der Waals surface area contributed by atoms with Gasteiger partial charge in [-0.15, -0.1) is 0 Å². The van der Waals surface area contributed by atoms with Crippen LogP contribution in [0.4, 0.5) is 17.6 Å². The molecule has 0 aliphatic heterocycles. The van der Waals surface area contributed by atoms with Gasteiger partial charge in [0.1, 0.15) is 11.6 Å². The minimum Gasteiger partial charge on any atom is -0.508 e. The van der Waals surface area contributed by atoms with Crippen LogP contribution >= 0.6 is 0 Å². The molecule has 1 aliphatic carbocycles. The van der Waals surface area contributed by atoms with E-state index >= 15 is 0 Å². The molecule has 0 amide bonds. The van der Waals surface area contributed by atoms with Crippen LogP contribution in [0.3, 0.4) is 0 Å². The van der Waals surface area contributed by atoms with Gasteiger partial charge in [-0.2, -0.15) is 13.2 Å². The second kappa shape index (κ2) is 9.43. The third kappa shape index (κ3) is 5.27. The van der Waals surface area contributed by atoms with E-state index in [4.69, 9.17) is 5.11 Å². The Morgan fingerprint density at radius 3 is 2.50 bits per heavy atom. The molecule has 1 aliphatic rings. The third-order valence-electron chi connectivity index (χ3n) is 5.34. The van der Waals surface area contributed by atoms with E-state index in [-0.39, 0.29) is 0 Å². The maximum Gasteiger partial charge on any atom is 0.419 e. The van der Waals surface area contributed by atoms with Crippen LogP contribution in [0.25, 0.3) is 10.8 Å². The topological polar surface area (TPSA) is 45.2 Å². The molecule has 1 fully saturated rings. The minimum atomic E-state index is -4.76. The number of fused-ring (bicyclic) bond motifs is 1. The zero-order valence-corrected chi connectivity index (χ0v) is 16.6. The molecule has 1 heterocycles. The lowest BCUT2D eigenvalue weighted by Gasteiger charge is -2.27. The van der Waals surface area contributed by atoms with Crippen molar-refractivity contribution in [1.29, 1.82) is 0 Å². The first-order chi connectivity index (χ1) is 14.3. The average Bonchev–Trinajstić information content (AvgIpc) is 2.68. The molecule has 30 heavy (non-hydrogen) atoms. The van der Waals surface area contributed by atoms with Crippen molar-refractivity contribution in [3.05, 3.63) is 71.3 Å². The van der Waals surface area contributed by atoms with Crippen LogP contribution in [-0.4, -0.2) is 16.1 Å². The summed E-state index contributed by atoms with van der Waals surface area (Å²) in [5.74, 6) is -2.00. The van der Waals surface area contributed by atoms with Gasteiger partial charge in [-0.05, 0) is 60.0 Å². The van der Waals surface area contributed by atoms with Crippen LogP contribution < -0.4 is 5.32 Å². The van der Waals surface area contributed by atoms with Gasteiger partial charge in [0.25, 0.3) is 0 Å². The van der Waals surface area contributed by atoms with Crippen LogP contribution in [0.1, 0.15) is 42.9 Å². The van der Waals surface area contributed by atoms with E-state index in [2.05, 4.69) is 35.4 Å². The summed E-state index contributed by atoms with van der Waals surface area (Å²) >= 11 is 0. The number of rotatable bonds is 4. The third-order valence-corrected chi connectivity index (χ3v) is 5.34. The normalized spacial score (nSPS) is 14.2. The Morgan fingerprint density at radius 2 is 1.90 bits per heavy atom. The molecular weight excluding hydrogens is 396 g/mol. The van der Waals surface area contributed by atoms with Crippen molar-refractivity contribution in [2.45, 2.75) is 51.4 Å². The fourth-order valence-electron chi connectivity index (χ4n) is 3.41. The second-order valence-electron chi connectivity index (χ2n) is 7.32. The van der Waals surface area contributed by atoms with Crippen LogP contribution in [0.2, 0.25) is 0 Å². The van der Waals surface area contributed by atoms with E-state index in [9.17, 15) is 17.6 Å². The van der Waals surface area contributed by atoms with E-state index in [1.807, 2.05) is 12.4 Å². The monoisotopic (exact) mass is 420 g/mol. The molecular formula is C23H24F4N2O. The van der Waals surface area contributed by atoms with Crippen molar-refractivity contribution < 1.29 is 22.7 Å². The highest BCUT2D eigenvalue weighted by atomic mass is 19.4. The number of hydrogen-bond donors (Lipinski definition) is 2. The number of alkyl halides is 3. The molecule has 0 atom stereocenters. The molecule has 0 spiro atoms. The molecule has 0 radical (unpaired) electrons. The highest BCUT2D eigenvalue weighted by Gasteiger charge is 2.34. The zero-order chi connectivity index (χ0) is 21.7. The quantitative estimate of drug-likeness (QED) is 0.510. The molecule has 3 nitrogen and oxygen atoms in total. The molecule has 160 valence electrons. The lowest BCUT2D eigenvalue weighted by atomic mass is 9.92. The lowest BCUT2D eigenvalue weighted by molar-refractivity contribution is -0.140. The molecule has 2 N–H and O–H groups in total. The molecule has 0 unspecified atom stereocenters. The Morgan fingerprint density at radius 1 is 1.13 bits per heavy atom. The van der Waals surface area contributed by atoms with E-state index < -0.39 is 23.3 Å². The summed E-state index contributed by atoms with van der Waals surface area (Å²) < 4.78 is 48.1. The molecule has 0 bridgehead atoms. The maximum atomic E-state index is 12.4. The number of phenolic OH excluding ortho intramolecular Hbond substituents is 1. The van der Waals surface area contributed by atoms with E-state index in [1.165, 1.54) is 41.2 Å². The van der Waals surface area contributed by atoms with Crippen molar-refractivity contribution >= 4 is 10.8 Å². The summed E-state index contributed by atoms with van der Waals surface area (Å²) in [6, 6.07) is 9.09. The van der Waals surface area contributed by atoms with Crippen LogP contribution in [0, 0.1) is 5.82 Å². The number of halogens is 4. The maximum absolute atomic E-state index is 12.4. The number of pyridine rings is 1. The summed E-state index contributed by atoms with van der Waals surface area (Å²) in [6.45, 7) is 3.23. The predicted molar refractivity (Wildman–Crippen MR) is 109 cm³/mol.